The van der Waals surface area contributed by atoms with Crippen molar-refractivity contribution in [2.75, 3.05) is 12.4 Å². The fraction of sp³-hybridized carbons (Fsp3) is 0.167. The van der Waals surface area contributed by atoms with Crippen LogP contribution in [0.3, 0.4) is 0 Å². The van der Waals surface area contributed by atoms with Gasteiger partial charge in [0, 0.05) is 19.0 Å². The monoisotopic (exact) mass is 341 g/mol. The Morgan fingerprint density at radius 3 is 2.44 bits per heavy atom. The van der Waals surface area contributed by atoms with E-state index in [-0.39, 0.29) is 17.3 Å². The zero-order valence-corrected chi connectivity index (χ0v) is 14.0. The summed E-state index contributed by atoms with van der Waals surface area (Å²) in [4.78, 5) is 27.9. The molecule has 7 nitrogen and oxygen atoms in total. The molecule has 2 rings (SSSR count). The molecule has 0 fully saturated rings. The molecule has 0 radical (unpaired) electrons. The number of carbonyl (C=O) groups excluding carboxylic acids is 2. The smallest absolute Gasteiger partial charge is 0.369 e. The van der Waals surface area contributed by atoms with Crippen LogP contribution in [0.25, 0.3) is 0 Å². The summed E-state index contributed by atoms with van der Waals surface area (Å²) in [6.45, 7) is 1.44. The number of hydrogen-bond donors (Lipinski definition) is 2. The van der Waals surface area contributed by atoms with Gasteiger partial charge in [-0.2, -0.15) is 0 Å². The van der Waals surface area contributed by atoms with Gasteiger partial charge in [0.2, 0.25) is 5.91 Å². The molecule has 0 spiro atoms. The number of nitrogens with one attached hydrogen (secondary N) is 1. The summed E-state index contributed by atoms with van der Waals surface area (Å²) < 4.78 is 5.10. The molecular formula is C18H19N3O4. The number of rotatable bonds is 6. The highest BCUT2D eigenvalue weighted by molar-refractivity contribution is 5.93. The molecular weight excluding hydrogens is 322 g/mol. The lowest BCUT2D eigenvalue weighted by Gasteiger charge is -2.06. The number of hydrogen-bond acceptors (Lipinski definition) is 5. The maximum atomic E-state index is 12.0. The topological polar surface area (TPSA) is 103 Å². The zero-order chi connectivity index (χ0) is 18.2. The molecule has 0 saturated heterocycles. The number of nitrogens with zero attached hydrogens (tertiary/aromatic N) is 1. The Hall–Kier alpha value is -3.35. The van der Waals surface area contributed by atoms with Crippen molar-refractivity contribution in [3.8, 4) is 5.75 Å². The van der Waals surface area contributed by atoms with Crippen LogP contribution in [-0.2, 0) is 16.1 Å². The van der Waals surface area contributed by atoms with Crippen LogP contribution in [0, 0.1) is 0 Å². The maximum Gasteiger partial charge on any atom is 0.369 e. The number of amidine groups is 1. The standard InChI is InChI=1S/C18H19N3O4/c1-12(22)20-14-9-7-13(8-10-14)11-17(19)21-25-18(23)15-5-3-4-6-16(15)24-2/h3-10H,11H2,1-2H3,(H2,19,21)(H,20,22). The van der Waals surface area contributed by atoms with E-state index in [0.29, 0.717) is 17.9 Å². The number of carbonyl (C=O) groups is 2. The van der Waals surface area contributed by atoms with Gasteiger partial charge in [-0.15, -0.1) is 0 Å². The van der Waals surface area contributed by atoms with Crippen molar-refractivity contribution in [3.63, 3.8) is 0 Å². The van der Waals surface area contributed by atoms with Gasteiger partial charge >= 0.3 is 5.97 Å². The van der Waals surface area contributed by atoms with Crippen molar-refractivity contribution in [1.82, 2.24) is 0 Å². The fourth-order valence-electron chi connectivity index (χ4n) is 2.11. The van der Waals surface area contributed by atoms with Crippen molar-refractivity contribution in [2.24, 2.45) is 10.9 Å². The first-order chi connectivity index (χ1) is 12.0. The highest BCUT2D eigenvalue weighted by atomic mass is 16.7. The minimum atomic E-state index is -0.651. The summed E-state index contributed by atoms with van der Waals surface area (Å²) in [7, 11) is 1.47. The van der Waals surface area contributed by atoms with Crippen molar-refractivity contribution in [2.45, 2.75) is 13.3 Å². The van der Waals surface area contributed by atoms with Crippen molar-refractivity contribution >= 4 is 23.4 Å². The summed E-state index contributed by atoms with van der Waals surface area (Å²) in [5, 5.41) is 6.33. The fourth-order valence-corrected chi connectivity index (χ4v) is 2.11. The summed E-state index contributed by atoms with van der Waals surface area (Å²) >= 11 is 0. The van der Waals surface area contributed by atoms with Crippen LogP contribution in [0.5, 0.6) is 5.75 Å². The van der Waals surface area contributed by atoms with E-state index in [1.165, 1.54) is 14.0 Å². The second-order valence-electron chi connectivity index (χ2n) is 5.22. The highest BCUT2D eigenvalue weighted by Gasteiger charge is 2.13. The van der Waals surface area contributed by atoms with E-state index in [1.807, 2.05) is 0 Å². The molecule has 130 valence electrons. The van der Waals surface area contributed by atoms with E-state index in [9.17, 15) is 9.59 Å². The van der Waals surface area contributed by atoms with E-state index in [1.54, 1.807) is 48.5 Å². The lowest BCUT2D eigenvalue weighted by atomic mass is 10.1. The van der Waals surface area contributed by atoms with Gasteiger partial charge in [-0.25, -0.2) is 4.79 Å². The molecule has 3 N–H and O–H groups in total. The number of nitrogens with two attached hydrogens (primary N) is 1. The van der Waals surface area contributed by atoms with E-state index in [0.717, 1.165) is 5.56 Å². The molecule has 2 aromatic carbocycles. The molecule has 2 aromatic rings. The van der Waals surface area contributed by atoms with Crippen molar-refractivity contribution in [3.05, 3.63) is 59.7 Å². The highest BCUT2D eigenvalue weighted by Crippen LogP contribution is 2.18. The number of methoxy groups -OCH3 is 1. The van der Waals surface area contributed by atoms with Crippen LogP contribution in [0.4, 0.5) is 5.69 Å². The third kappa shape index (κ3) is 5.35. The van der Waals surface area contributed by atoms with E-state index >= 15 is 0 Å². The number of anilines is 1. The summed E-state index contributed by atoms with van der Waals surface area (Å²) in [5.74, 6) is -0.246. The second kappa shape index (κ2) is 8.49. The third-order valence-corrected chi connectivity index (χ3v) is 3.23. The molecule has 0 unspecified atom stereocenters. The lowest BCUT2D eigenvalue weighted by Crippen LogP contribution is -2.17. The molecule has 1 amide bonds. The average Bonchev–Trinajstić information content (AvgIpc) is 2.61. The van der Waals surface area contributed by atoms with Gasteiger partial charge in [-0.1, -0.05) is 29.4 Å². The largest absolute Gasteiger partial charge is 0.496 e. The first-order valence-corrected chi connectivity index (χ1v) is 7.53. The molecule has 0 aliphatic rings. The summed E-state index contributed by atoms with van der Waals surface area (Å²) in [5.41, 5.74) is 7.61. The van der Waals surface area contributed by atoms with Crippen LogP contribution in [-0.4, -0.2) is 24.8 Å². The predicted molar refractivity (Wildman–Crippen MR) is 94.5 cm³/mol. The first kappa shape index (κ1) is 18.0. The summed E-state index contributed by atoms with van der Waals surface area (Å²) in [6.07, 6.45) is 0.305. The lowest BCUT2D eigenvalue weighted by molar-refractivity contribution is -0.114. The van der Waals surface area contributed by atoms with Gasteiger partial charge in [0.1, 0.15) is 17.1 Å². The average molecular weight is 341 g/mol. The van der Waals surface area contributed by atoms with Crippen molar-refractivity contribution < 1.29 is 19.2 Å². The number of ether oxygens (including phenoxy) is 1. The Balaban J connectivity index is 1.97. The van der Waals surface area contributed by atoms with Crippen LogP contribution in [0.2, 0.25) is 0 Å². The first-order valence-electron chi connectivity index (χ1n) is 7.53. The molecule has 0 heterocycles. The number of oxime groups is 1. The molecule has 0 aliphatic heterocycles. The molecule has 0 aromatic heterocycles. The van der Waals surface area contributed by atoms with Crippen molar-refractivity contribution in [1.29, 1.82) is 0 Å². The molecule has 0 atom stereocenters. The van der Waals surface area contributed by atoms with Crippen LogP contribution in [0.1, 0.15) is 22.8 Å². The minimum Gasteiger partial charge on any atom is -0.496 e. The van der Waals surface area contributed by atoms with E-state index in [2.05, 4.69) is 10.5 Å². The Labute approximate surface area is 145 Å². The van der Waals surface area contributed by atoms with Crippen LogP contribution < -0.4 is 15.8 Å². The quantitative estimate of drug-likeness (QED) is 0.363. The van der Waals surface area contributed by atoms with Gasteiger partial charge in [-0.05, 0) is 29.8 Å². The number of amides is 1. The Kier molecular flexibility index (Phi) is 6.11. The predicted octanol–water partition coefficient (Wildman–Crippen LogP) is 2.33. The second-order valence-corrected chi connectivity index (χ2v) is 5.22. The number of benzene rings is 2. The van der Waals surface area contributed by atoms with Gasteiger partial charge in [0.25, 0.3) is 0 Å². The molecule has 25 heavy (non-hydrogen) atoms. The molecule has 0 bridgehead atoms. The minimum absolute atomic E-state index is 0.142. The normalized spacial score (nSPS) is 10.9. The van der Waals surface area contributed by atoms with Gasteiger partial charge in [-0.3, -0.25) is 4.79 Å². The number of para-hydroxylation sites is 1. The Morgan fingerprint density at radius 2 is 1.80 bits per heavy atom. The molecule has 7 heteroatoms. The van der Waals surface area contributed by atoms with E-state index in [4.69, 9.17) is 15.3 Å². The van der Waals surface area contributed by atoms with E-state index < -0.39 is 5.97 Å². The SMILES string of the molecule is COc1ccccc1C(=O)O/N=C(/N)Cc1ccc(NC(C)=O)cc1. The maximum absolute atomic E-state index is 12.0. The van der Waals surface area contributed by atoms with Gasteiger partial charge in [0.15, 0.2) is 0 Å². The third-order valence-electron chi connectivity index (χ3n) is 3.23. The molecule has 0 aliphatic carbocycles. The van der Waals surface area contributed by atoms with Crippen LogP contribution in [0.15, 0.2) is 53.7 Å². The zero-order valence-electron chi connectivity index (χ0n) is 14.0. The van der Waals surface area contributed by atoms with Crippen LogP contribution >= 0.6 is 0 Å². The van der Waals surface area contributed by atoms with Gasteiger partial charge in [0.05, 0.1) is 7.11 Å². The Bertz CT molecular complexity index is 785. The van der Waals surface area contributed by atoms with Gasteiger partial charge < -0.3 is 20.6 Å². The summed E-state index contributed by atoms with van der Waals surface area (Å²) in [6, 6.07) is 13.8. The Morgan fingerprint density at radius 1 is 1.12 bits per heavy atom. The molecule has 0 saturated carbocycles.